The average Bonchev–Trinajstić information content (AvgIpc) is 2.91. The van der Waals surface area contributed by atoms with Crippen molar-refractivity contribution in [1.82, 2.24) is 9.80 Å². The fourth-order valence-electron chi connectivity index (χ4n) is 5.47. The second kappa shape index (κ2) is 12.8. The summed E-state index contributed by atoms with van der Waals surface area (Å²) in [6.07, 6.45) is -3.64. The van der Waals surface area contributed by atoms with Crippen LogP contribution >= 0.6 is 11.6 Å². The highest BCUT2D eigenvalue weighted by atomic mass is 35.5. The van der Waals surface area contributed by atoms with Gasteiger partial charge in [-0.3, -0.25) is 9.69 Å². The number of likely N-dealkylation sites (tertiary alicyclic amines) is 2. The predicted molar refractivity (Wildman–Crippen MR) is 146 cm³/mol. The zero-order valence-corrected chi connectivity index (χ0v) is 23.6. The number of alkyl halides is 3. The average molecular weight is 581 g/mol. The molecule has 2 aromatic rings. The van der Waals surface area contributed by atoms with Crippen molar-refractivity contribution in [3.63, 3.8) is 0 Å². The smallest absolute Gasteiger partial charge is 0.490 e. The van der Waals surface area contributed by atoms with Crippen LogP contribution in [-0.4, -0.2) is 66.7 Å². The van der Waals surface area contributed by atoms with Crippen molar-refractivity contribution in [2.24, 2.45) is 11.3 Å². The number of carbonyl (C=O) groups is 2. The predicted octanol–water partition coefficient (Wildman–Crippen LogP) is 6.37. The Hall–Kier alpha value is -2.78. The van der Waals surface area contributed by atoms with Gasteiger partial charge in [0.15, 0.2) is 0 Å². The van der Waals surface area contributed by atoms with Gasteiger partial charge >= 0.3 is 12.1 Å². The normalized spacial score (nSPS) is 19.6. The summed E-state index contributed by atoms with van der Waals surface area (Å²) in [6, 6.07) is 14.2. The van der Waals surface area contributed by atoms with Crippen LogP contribution in [0, 0.1) is 11.3 Å². The molecule has 1 spiro atoms. The lowest BCUT2D eigenvalue weighted by atomic mass is 9.69. The standard InChI is InChI=1S/C30H36ClF3N2O4/c1-21(2)11-18-39-25-6-4-3-5-23(25)19-35-15-12-29(13-16-35)14-17-36(20-26(29)40-28(38)30(32,33)34)27(37)22-7-9-24(31)10-8-22/h3-10,21,26H,11-20H2,1-2H3. The number of halogens is 4. The van der Waals surface area contributed by atoms with Gasteiger partial charge in [0, 0.05) is 34.7 Å². The van der Waals surface area contributed by atoms with Crippen LogP contribution in [0.3, 0.4) is 0 Å². The summed E-state index contributed by atoms with van der Waals surface area (Å²) < 4.78 is 50.8. The second-order valence-corrected chi connectivity index (χ2v) is 11.6. The first-order valence-corrected chi connectivity index (χ1v) is 14.1. The molecule has 4 rings (SSSR count). The topological polar surface area (TPSA) is 59.1 Å². The minimum Gasteiger partial charge on any atom is -0.493 e. The first kappa shape index (κ1) is 30.2. The minimum absolute atomic E-state index is 0.0875. The van der Waals surface area contributed by atoms with Gasteiger partial charge in [0.25, 0.3) is 5.91 Å². The van der Waals surface area contributed by atoms with Crippen LogP contribution in [0.4, 0.5) is 13.2 Å². The van der Waals surface area contributed by atoms with E-state index in [1.54, 1.807) is 24.3 Å². The summed E-state index contributed by atoms with van der Waals surface area (Å²) >= 11 is 5.93. The third-order valence-electron chi connectivity index (χ3n) is 7.98. The summed E-state index contributed by atoms with van der Waals surface area (Å²) in [5.41, 5.74) is 0.803. The van der Waals surface area contributed by atoms with Gasteiger partial charge in [0.1, 0.15) is 11.9 Å². The van der Waals surface area contributed by atoms with Crippen LogP contribution in [0.1, 0.15) is 55.5 Å². The maximum atomic E-state index is 13.2. The van der Waals surface area contributed by atoms with E-state index in [1.807, 2.05) is 24.3 Å². The molecule has 0 radical (unpaired) electrons. The lowest BCUT2D eigenvalue weighted by Gasteiger charge is -2.51. The molecule has 0 saturated carbocycles. The van der Waals surface area contributed by atoms with Crippen molar-refractivity contribution in [2.75, 3.05) is 32.8 Å². The molecule has 6 nitrogen and oxygen atoms in total. The number of ether oxygens (including phenoxy) is 2. The van der Waals surface area contributed by atoms with E-state index in [1.165, 1.54) is 4.90 Å². The maximum absolute atomic E-state index is 13.2. The Morgan fingerprint density at radius 2 is 1.68 bits per heavy atom. The molecule has 1 unspecified atom stereocenters. The van der Waals surface area contributed by atoms with Crippen LogP contribution < -0.4 is 4.74 Å². The molecule has 1 amide bonds. The number of nitrogens with zero attached hydrogens (tertiary/aromatic N) is 2. The Balaban J connectivity index is 1.44. The van der Waals surface area contributed by atoms with Gasteiger partial charge in [0.2, 0.25) is 0 Å². The maximum Gasteiger partial charge on any atom is 0.490 e. The fraction of sp³-hybridized carbons (Fsp3) is 0.533. The molecule has 2 aliphatic rings. The zero-order chi connectivity index (χ0) is 28.9. The van der Waals surface area contributed by atoms with Crippen molar-refractivity contribution in [1.29, 1.82) is 0 Å². The van der Waals surface area contributed by atoms with E-state index in [4.69, 9.17) is 21.1 Å². The van der Waals surface area contributed by atoms with Gasteiger partial charge in [0.05, 0.1) is 13.2 Å². The summed E-state index contributed by atoms with van der Waals surface area (Å²) in [5.74, 6) is -1.16. The van der Waals surface area contributed by atoms with Gasteiger partial charge in [-0.05, 0) is 75.0 Å². The van der Waals surface area contributed by atoms with Gasteiger partial charge in [-0.15, -0.1) is 0 Å². The Morgan fingerprint density at radius 3 is 2.33 bits per heavy atom. The third kappa shape index (κ3) is 7.49. The molecule has 40 heavy (non-hydrogen) atoms. The van der Waals surface area contributed by atoms with Crippen LogP contribution in [0.5, 0.6) is 5.75 Å². The summed E-state index contributed by atoms with van der Waals surface area (Å²) in [6.45, 7) is 7.13. The largest absolute Gasteiger partial charge is 0.493 e. The number of amides is 1. The molecule has 0 aliphatic carbocycles. The molecular formula is C30H36ClF3N2O4. The molecule has 1 atom stereocenters. The number of carbonyl (C=O) groups excluding carboxylic acids is 2. The molecule has 218 valence electrons. The van der Waals surface area contributed by atoms with Crippen molar-refractivity contribution >= 4 is 23.5 Å². The quantitative estimate of drug-likeness (QED) is 0.340. The van der Waals surface area contributed by atoms with Crippen molar-refractivity contribution < 1.29 is 32.2 Å². The molecule has 0 N–H and O–H groups in total. The van der Waals surface area contributed by atoms with Gasteiger partial charge in [-0.2, -0.15) is 13.2 Å². The number of para-hydroxylation sites is 1. The van der Waals surface area contributed by atoms with Gasteiger partial charge in [-0.25, -0.2) is 4.79 Å². The molecule has 10 heteroatoms. The van der Waals surface area contributed by atoms with E-state index < -0.39 is 23.7 Å². The highest BCUT2D eigenvalue weighted by Crippen LogP contribution is 2.44. The van der Waals surface area contributed by atoms with E-state index in [9.17, 15) is 22.8 Å². The Kier molecular flexibility index (Phi) is 9.67. The Bertz CT molecular complexity index is 1160. The lowest BCUT2D eigenvalue weighted by Crippen LogP contribution is -2.58. The number of esters is 1. The van der Waals surface area contributed by atoms with Crippen LogP contribution in [-0.2, 0) is 16.1 Å². The molecule has 2 aliphatic heterocycles. The molecule has 0 bridgehead atoms. The SMILES string of the molecule is CC(C)CCOc1ccccc1CN1CCC2(CC1)CCN(C(=O)c1ccc(Cl)cc1)CC2OC(=O)C(F)(F)F. The number of piperidine rings is 2. The van der Waals surface area contributed by atoms with Crippen LogP contribution in [0.15, 0.2) is 48.5 Å². The monoisotopic (exact) mass is 580 g/mol. The first-order chi connectivity index (χ1) is 19.0. The van der Waals surface area contributed by atoms with Crippen molar-refractivity contribution in [2.45, 2.75) is 58.4 Å². The number of hydrogen-bond acceptors (Lipinski definition) is 5. The van der Waals surface area contributed by atoms with E-state index >= 15 is 0 Å². The molecule has 2 fully saturated rings. The number of rotatable bonds is 8. The number of hydrogen-bond donors (Lipinski definition) is 0. The van der Waals surface area contributed by atoms with Crippen molar-refractivity contribution in [3.8, 4) is 5.75 Å². The molecule has 2 saturated heterocycles. The van der Waals surface area contributed by atoms with Crippen LogP contribution in [0.25, 0.3) is 0 Å². The Labute approximate surface area is 238 Å². The van der Waals surface area contributed by atoms with E-state index in [0.717, 1.165) is 17.7 Å². The van der Waals surface area contributed by atoms with E-state index in [0.29, 0.717) is 68.6 Å². The van der Waals surface area contributed by atoms with Gasteiger partial charge in [-0.1, -0.05) is 43.6 Å². The Morgan fingerprint density at radius 1 is 1.02 bits per heavy atom. The summed E-state index contributed by atoms with van der Waals surface area (Å²) in [7, 11) is 0. The van der Waals surface area contributed by atoms with Crippen LogP contribution in [0.2, 0.25) is 5.02 Å². The summed E-state index contributed by atoms with van der Waals surface area (Å²) in [5, 5.41) is 0.475. The second-order valence-electron chi connectivity index (χ2n) is 11.2. The van der Waals surface area contributed by atoms with E-state index in [2.05, 4.69) is 18.7 Å². The molecule has 2 heterocycles. The molecular weight excluding hydrogens is 545 g/mol. The van der Waals surface area contributed by atoms with Gasteiger partial charge < -0.3 is 14.4 Å². The fourth-order valence-corrected chi connectivity index (χ4v) is 5.60. The highest BCUT2D eigenvalue weighted by molar-refractivity contribution is 6.30. The number of benzene rings is 2. The lowest BCUT2D eigenvalue weighted by molar-refractivity contribution is -0.216. The molecule has 2 aromatic carbocycles. The molecule has 0 aromatic heterocycles. The van der Waals surface area contributed by atoms with Crippen molar-refractivity contribution in [3.05, 3.63) is 64.7 Å². The first-order valence-electron chi connectivity index (χ1n) is 13.7. The minimum atomic E-state index is -5.11. The zero-order valence-electron chi connectivity index (χ0n) is 22.9. The van der Waals surface area contributed by atoms with E-state index in [-0.39, 0.29) is 12.5 Å². The third-order valence-corrected chi connectivity index (χ3v) is 8.23. The highest BCUT2D eigenvalue weighted by Gasteiger charge is 2.51. The summed E-state index contributed by atoms with van der Waals surface area (Å²) in [4.78, 5) is 28.8.